The lowest BCUT2D eigenvalue weighted by atomic mass is 9.78. The lowest BCUT2D eigenvalue weighted by Crippen LogP contribution is -2.25. The number of fused-ring (bicyclic) bond motifs is 1. The molecule has 2 heteroatoms. The summed E-state index contributed by atoms with van der Waals surface area (Å²) in [6.07, 6.45) is 0.836. The van der Waals surface area contributed by atoms with E-state index in [4.69, 9.17) is 0 Å². The highest BCUT2D eigenvalue weighted by molar-refractivity contribution is 5.81. The zero-order valence-corrected chi connectivity index (χ0v) is 6.91. The number of rotatable bonds is 1. The van der Waals surface area contributed by atoms with Gasteiger partial charge in [-0.3, -0.25) is 4.79 Å². The molecule has 0 unspecified atom stereocenters. The molecular formula is C10H10O2. The predicted octanol–water partition coefficient (Wildman–Crippen LogP) is 1.50. The van der Waals surface area contributed by atoms with E-state index in [0.29, 0.717) is 0 Å². The normalized spacial score (nSPS) is 19.2. The SMILES string of the molecule is COC(=O)[C@@H]1Cc2ccccc21. The molecule has 0 aromatic heterocycles. The first-order valence-corrected chi connectivity index (χ1v) is 3.98. The Morgan fingerprint density at radius 3 is 2.92 bits per heavy atom. The molecule has 2 nitrogen and oxygen atoms in total. The van der Waals surface area contributed by atoms with Crippen LogP contribution in [0.5, 0.6) is 0 Å². The number of methoxy groups -OCH3 is 1. The summed E-state index contributed by atoms with van der Waals surface area (Å²) in [5.41, 5.74) is 2.40. The Morgan fingerprint density at radius 1 is 1.50 bits per heavy atom. The van der Waals surface area contributed by atoms with Crippen molar-refractivity contribution in [1.29, 1.82) is 0 Å². The van der Waals surface area contributed by atoms with Crippen LogP contribution in [-0.4, -0.2) is 13.1 Å². The number of hydrogen-bond donors (Lipinski definition) is 0. The van der Waals surface area contributed by atoms with Crippen molar-refractivity contribution >= 4 is 5.97 Å². The van der Waals surface area contributed by atoms with Crippen LogP contribution in [0.15, 0.2) is 24.3 Å². The van der Waals surface area contributed by atoms with Crippen molar-refractivity contribution in [3.63, 3.8) is 0 Å². The highest BCUT2D eigenvalue weighted by Crippen LogP contribution is 2.35. The fraction of sp³-hybridized carbons (Fsp3) is 0.300. The van der Waals surface area contributed by atoms with Crippen LogP contribution in [0.25, 0.3) is 0 Å². The summed E-state index contributed by atoms with van der Waals surface area (Å²) in [5.74, 6) is -0.125. The Balaban J connectivity index is 2.25. The Morgan fingerprint density at radius 2 is 2.25 bits per heavy atom. The molecule has 0 saturated heterocycles. The van der Waals surface area contributed by atoms with Crippen LogP contribution in [-0.2, 0) is 16.0 Å². The van der Waals surface area contributed by atoms with Gasteiger partial charge < -0.3 is 4.74 Å². The Labute approximate surface area is 71.2 Å². The van der Waals surface area contributed by atoms with Crippen molar-refractivity contribution in [3.8, 4) is 0 Å². The number of benzene rings is 1. The molecule has 0 spiro atoms. The smallest absolute Gasteiger partial charge is 0.313 e. The van der Waals surface area contributed by atoms with E-state index in [1.807, 2.05) is 18.2 Å². The highest BCUT2D eigenvalue weighted by atomic mass is 16.5. The van der Waals surface area contributed by atoms with Gasteiger partial charge in [-0.05, 0) is 17.5 Å². The summed E-state index contributed by atoms with van der Waals surface area (Å²) in [6.45, 7) is 0. The van der Waals surface area contributed by atoms with E-state index in [1.165, 1.54) is 12.7 Å². The second-order valence-corrected chi connectivity index (χ2v) is 2.98. The molecule has 0 saturated carbocycles. The maximum Gasteiger partial charge on any atom is 0.313 e. The largest absolute Gasteiger partial charge is 0.469 e. The second-order valence-electron chi connectivity index (χ2n) is 2.98. The summed E-state index contributed by atoms with van der Waals surface area (Å²) < 4.78 is 4.67. The quantitative estimate of drug-likeness (QED) is 0.585. The summed E-state index contributed by atoms with van der Waals surface area (Å²) >= 11 is 0. The molecule has 1 aromatic carbocycles. The van der Waals surface area contributed by atoms with Crippen LogP contribution in [0.2, 0.25) is 0 Å². The number of hydrogen-bond acceptors (Lipinski definition) is 2. The summed E-state index contributed by atoms with van der Waals surface area (Å²) in [5, 5.41) is 0. The molecule has 0 N–H and O–H groups in total. The lowest BCUT2D eigenvalue weighted by Gasteiger charge is -2.27. The van der Waals surface area contributed by atoms with Gasteiger partial charge in [-0.1, -0.05) is 24.3 Å². The van der Waals surface area contributed by atoms with Crippen LogP contribution >= 0.6 is 0 Å². The van der Waals surface area contributed by atoms with Crippen LogP contribution in [0.1, 0.15) is 17.0 Å². The van der Waals surface area contributed by atoms with E-state index in [1.54, 1.807) is 0 Å². The van der Waals surface area contributed by atoms with Crippen molar-refractivity contribution in [2.45, 2.75) is 12.3 Å². The van der Waals surface area contributed by atoms with Crippen LogP contribution < -0.4 is 0 Å². The third-order valence-corrected chi connectivity index (χ3v) is 2.34. The molecule has 1 atom stereocenters. The van der Waals surface area contributed by atoms with Gasteiger partial charge in [0.15, 0.2) is 0 Å². The first-order valence-electron chi connectivity index (χ1n) is 3.98. The molecule has 62 valence electrons. The van der Waals surface area contributed by atoms with Gasteiger partial charge in [-0.15, -0.1) is 0 Å². The molecule has 0 amide bonds. The summed E-state index contributed by atoms with van der Waals surface area (Å²) in [4.78, 5) is 11.1. The van der Waals surface area contributed by atoms with E-state index in [0.717, 1.165) is 12.0 Å². The molecule has 0 heterocycles. The minimum Gasteiger partial charge on any atom is -0.469 e. The fourth-order valence-electron chi connectivity index (χ4n) is 1.61. The Kier molecular flexibility index (Phi) is 1.61. The first kappa shape index (κ1) is 7.35. The molecule has 1 aromatic rings. The number of esters is 1. The van der Waals surface area contributed by atoms with Crippen molar-refractivity contribution in [2.24, 2.45) is 0 Å². The summed E-state index contributed by atoms with van der Waals surface area (Å²) in [7, 11) is 1.43. The zero-order valence-electron chi connectivity index (χ0n) is 6.91. The Hall–Kier alpha value is -1.31. The second kappa shape index (κ2) is 2.63. The molecule has 2 rings (SSSR count). The van der Waals surface area contributed by atoms with Crippen LogP contribution in [0.4, 0.5) is 0 Å². The van der Waals surface area contributed by atoms with Gasteiger partial charge in [0.25, 0.3) is 0 Å². The minimum absolute atomic E-state index is 0.00815. The molecule has 1 aliphatic rings. The van der Waals surface area contributed by atoms with Gasteiger partial charge in [-0.25, -0.2) is 0 Å². The molecule has 0 aliphatic heterocycles. The van der Waals surface area contributed by atoms with E-state index in [9.17, 15) is 4.79 Å². The van der Waals surface area contributed by atoms with E-state index in [-0.39, 0.29) is 11.9 Å². The maximum atomic E-state index is 11.1. The first-order chi connectivity index (χ1) is 5.83. The Bertz CT molecular complexity index is 317. The maximum absolute atomic E-state index is 11.1. The van der Waals surface area contributed by atoms with E-state index in [2.05, 4.69) is 10.8 Å². The third-order valence-electron chi connectivity index (χ3n) is 2.34. The van der Waals surface area contributed by atoms with Crippen molar-refractivity contribution in [1.82, 2.24) is 0 Å². The minimum atomic E-state index is -0.117. The number of ether oxygens (including phenoxy) is 1. The van der Waals surface area contributed by atoms with Crippen molar-refractivity contribution in [2.75, 3.05) is 7.11 Å². The van der Waals surface area contributed by atoms with Gasteiger partial charge in [0.2, 0.25) is 0 Å². The van der Waals surface area contributed by atoms with E-state index >= 15 is 0 Å². The van der Waals surface area contributed by atoms with Crippen molar-refractivity contribution in [3.05, 3.63) is 35.4 Å². The summed E-state index contributed by atoms with van der Waals surface area (Å²) in [6, 6.07) is 7.98. The monoisotopic (exact) mass is 162 g/mol. The number of carbonyl (C=O) groups is 1. The van der Waals surface area contributed by atoms with Gasteiger partial charge in [0, 0.05) is 0 Å². The predicted molar refractivity (Wildman–Crippen MR) is 44.9 cm³/mol. The topological polar surface area (TPSA) is 26.3 Å². The third kappa shape index (κ3) is 0.916. The number of carbonyl (C=O) groups excluding carboxylic acids is 1. The van der Waals surface area contributed by atoms with Crippen LogP contribution in [0.3, 0.4) is 0 Å². The van der Waals surface area contributed by atoms with E-state index < -0.39 is 0 Å². The molecule has 0 radical (unpaired) electrons. The average molecular weight is 162 g/mol. The van der Waals surface area contributed by atoms with Gasteiger partial charge in [0.05, 0.1) is 13.0 Å². The fourth-order valence-corrected chi connectivity index (χ4v) is 1.61. The van der Waals surface area contributed by atoms with Gasteiger partial charge in [-0.2, -0.15) is 0 Å². The van der Waals surface area contributed by atoms with Gasteiger partial charge in [0.1, 0.15) is 0 Å². The standard InChI is InChI=1S/C10H10O2/c1-12-10(11)9-6-7-4-2-3-5-8(7)9/h2-5,9H,6H2,1H3/t9-/m1/s1. The van der Waals surface area contributed by atoms with Gasteiger partial charge >= 0.3 is 5.97 Å². The van der Waals surface area contributed by atoms with Crippen molar-refractivity contribution < 1.29 is 9.53 Å². The molecule has 0 fully saturated rings. The average Bonchev–Trinajstić information content (AvgIpc) is 2.07. The molecule has 12 heavy (non-hydrogen) atoms. The van der Waals surface area contributed by atoms with Crippen LogP contribution in [0, 0.1) is 0 Å². The molecule has 1 aliphatic carbocycles. The zero-order chi connectivity index (χ0) is 8.55. The molecule has 0 bridgehead atoms. The highest BCUT2D eigenvalue weighted by Gasteiger charge is 2.32. The lowest BCUT2D eigenvalue weighted by molar-refractivity contribution is -0.143. The molecular weight excluding hydrogens is 152 g/mol.